The number of carbonyl (C=O) groups is 1. The lowest BCUT2D eigenvalue weighted by molar-refractivity contribution is -0.121. The van der Waals surface area contributed by atoms with Gasteiger partial charge in [0.1, 0.15) is 11.5 Å². The average molecular weight is 357 g/mol. The average Bonchev–Trinajstić information content (AvgIpc) is 2.87. The zero-order chi connectivity index (χ0) is 18.6. The van der Waals surface area contributed by atoms with Crippen LogP contribution in [0.15, 0.2) is 60.0 Å². The van der Waals surface area contributed by atoms with Gasteiger partial charge < -0.3 is 19.9 Å². The van der Waals surface area contributed by atoms with Gasteiger partial charge in [-0.25, -0.2) is 0 Å². The maximum atomic E-state index is 11.5. The summed E-state index contributed by atoms with van der Waals surface area (Å²) in [4.78, 5) is 11.5. The van der Waals surface area contributed by atoms with E-state index in [0.717, 1.165) is 36.5 Å². The van der Waals surface area contributed by atoms with Gasteiger partial charge in [-0.1, -0.05) is 18.2 Å². The number of amides is 1. The van der Waals surface area contributed by atoms with Gasteiger partial charge in [-0.2, -0.15) is 0 Å². The van der Waals surface area contributed by atoms with Gasteiger partial charge in [-0.05, 0) is 55.2 Å². The molecule has 0 spiro atoms. The van der Waals surface area contributed by atoms with E-state index >= 15 is 0 Å². The van der Waals surface area contributed by atoms with Crippen molar-refractivity contribution in [3.8, 4) is 5.75 Å². The highest BCUT2D eigenvalue weighted by Crippen LogP contribution is 2.14. The van der Waals surface area contributed by atoms with Crippen molar-refractivity contribution in [1.29, 1.82) is 0 Å². The maximum absolute atomic E-state index is 11.5. The summed E-state index contributed by atoms with van der Waals surface area (Å²) < 4.78 is 11.0. The Morgan fingerprint density at radius 2 is 2.00 bits per heavy atom. The Kier molecular flexibility index (Phi) is 8.49. The zero-order valence-corrected chi connectivity index (χ0v) is 15.2. The second kappa shape index (κ2) is 11.2. The molecule has 1 aliphatic rings. The number of carbonyl (C=O) groups excluding carboxylic acids is 1. The number of hydrogen-bond donors (Lipinski definition) is 2. The molecule has 1 amide bonds. The molecule has 140 valence electrons. The minimum atomic E-state index is -0.177. The number of aryl methyl sites for hydroxylation is 1. The van der Waals surface area contributed by atoms with Gasteiger partial charge in [-0.3, -0.25) is 4.79 Å². The zero-order valence-electron chi connectivity index (χ0n) is 15.2. The molecule has 0 bridgehead atoms. The number of rotatable bonds is 10. The van der Waals surface area contributed by atoms with Crippen molar-refractivity contribution in [3.63, 3.8) is 0 Å². The first-order valence-corrected chi connectivity index (χ1v) is 8.95. The monoisotopic (exact) mass is 357 g/mol. The van der Waals surface area contributed by atoms with Crippen LogP contribution in [0.4, 0.5) is 0 Å². The smallest absolute Gasteiger partial charge is 0.226 e. The Morgan fingerprint density at radius 1 is 1.19 bits per heavy atom. The van der Waals surface area contributed by atoms with E-state index in [1.165, 1.54) is 5.56 Å². The van der Waals surface area contributed by atoms with Crippen LogP contribution in [0.3, 0.4) is 0 Å². The van der Waals surface area contributed by atoms with E-state index in [2.05, 4.69) is 17.4 Å². The molecule has 0 saturated heterocycles. The van der Waals surface area contributed by atoms with Crippen LogP contribution in [0.1, 0.15) is 31.2 Å². The number of hydrogen-bond acceptors (Lipinski definition) is 4. The Balaban J connectivity index is 1.69. The number of nitrogens with one attached hydrogen (secondary N) is 1. The lowest BCUT2D eigenvalue weighted by atomic mass is 10.1. The van der Waals surface area contributed by atoms with E-state index in [4.69, 9.17) is 14.6 Å². The van der Waals surface area contributed by atoms with E-state index in [0.29, 0.717) is 13.0 Å². The normalized spacial score (nSPS) is 13.5. The van der Waals surface area contributed by atoms with Crippen molar-refractivity contribution >= 4 is 5.91 Å². The van der Waals surface area contributed by atoms with Crippen molar-refractivity contribution in [1.82, 2.24) is 5.32 Å². The van der Waals surface area contributed by atoms with E-state index in [1.807, 2.05) is 36.4 Å². The van der Waals surface area contributed by atoms with Crippen molar-refractivity contribution in [2.45, 2.75) is 32.1 Å². The second-order valence-corrected chi connectivity index (χ2v) is 6.04. The molecular weight excluding hydrogens is 330 g/mol. The molecule has 0 radical (unpaired) electrons. The van der Waals surface area contributed by atoms with Gasteiger partial charge in [0, 0.05) is 12.1 Å². The quantitative estimate of drug-likeness (QED) is 0.631. The van der Waals surface area contributed by atoms with Gasteiger partial charge in [0.05, 0.1) is 26.7 Å². The molecule has 0 saturated carbocycles. The van der Waals surface area contributed by atoms with E-state index < -0.39 is 0 Å². The third kappa shape index (κ3) is 7.15. The highest BCUT2D eigenvalue weighted by atomic mass is 16.5. The molecule has 2 rings (SSSR count). The van der Waals surface area contributed by atoms with Gasteiger partial charge in [-0.15, -0.1) is 0 Å². The van der Waals surface area contributed by atoms with Crippen molar-refractivity contribution in [2.24, 2.45) is 0 Å². The summed E-state index contributed by atoms with van der Waals surface area (Å²) in [7, 11) is 1.67. The Bertz CT molecular complexity index is 659. The fourth-order valence-electron chi connectivity index (χ4n) is 2.55. The third-order valence-corrected chi connectivity index (χ3v) is 4.00. The van der Waals surface area contributed by atoms with Crippen LogP contribution < -0.4 is 10.1 Å². The Labute approximate surface area is 155 Å². The summed E-state index contributed by atoms with van der Waals surface area (Å²) in [5.41, 5.74) is 2.10. The van der Waals surface area contributed by atoms with Crippen LogP contribution in [-0.4, -0.2) is 31.3 Å². The predicted octanol–water partition coefficient (Wildman–Crippen LogP) is 3.26. The van der Waals surface area contributed by atoms with E-state index in [1.54, 1.807) is 7.11 Å². The highest BCUT2D eigenvalue weighted by molar-refractivity contribution is 5.78. The molecule has 1 aromatic rings. The molecule has 5 heteroatoms. The van der Waals surface area contributed by atoms with Crippen LogP contribution >= 0.6 is 0 Å². The Morgan fingerprint density at radius 3 is 2.73 bits per heavy atom. The fourth-order valence-corrected chi connectivity index (χ4v) is 2.55. The molecule has 0 fully saturated rings. The number of ether oxygens (including phenoxy) is 2. The number of methoxy groups -OCH3 is 1. The first-order chi connectivity index (χ1) is 12.7. The number of unbranched alkanes of at least 4 members (excludes halogenated alkanes) is 1. The van der Waals surface area contributed by atoms with Crippen LogP contribution in [0, 0.1) is 0 Å². The third-order valence-electron chi connectivity index (χ3n) is 4.00. The number of allylic oxidation sites excluding steroid dienone is 4. The number of aliphatic hydroxyl groups excluding tert-OH is 1. The minimum Gasteiger partial charge on any atom is -0.497 e. The lowest BCUT2D eigenvalue weighted by Crippen LogP contribution is -2.23. The van der Waals surface area contributed by atoms with Crippen LogP contribution in [-0.2, 0) is 16.0 Å². The van der Waals surface area contributed by atoms with Crippen molar-refractivity contribution < 1.29 is 19.4 Å². The van der Waals surface area contributed by atoms with Crippen LogP contribution in [0.25, 0.3) is 0 Å². The van der Waals surface area contributed by atoms with Gasteiger partial charge >= 0.3 is 0 Å². The fraction of sp³-hybridized carbons (Fsp3) is 0.381. The SMILES string of the molecule is COc1ccc(CCCCOC2=CC=C(NC(=O)CCO)CC=C2)cc1. The van der Waals surface area contributed by atoms with Crippen LogP contribution in [0.2, 0.25) is 0 Å². The van der Waals surface area contributed by atoms with Crippen LogP contribution in [0.5, 0.6) is 5.75 Å². The number of benzene rings is 1. The van der Waals surface area contributed by atoms with E-state index in [-0.39, 0.29) is 18.9 Å². The molecular formula is C21H27NO4. The molecule has 2 N–H and O–H groups in total. The summed E-state index contributed by atoms with van der Waals surface area (Å²) in [6.07, 6.45) is 11.4. The summed E-state index contributed by atoms with van der Waals surface area (Å²) >= 11 is 0. The summed E-state index contributed by atoms with van der Waals surface area (Å²) in [5.74, 6) is 1.49. The predicted molar refractivity (Wildman–Crippen MR) is 102 cm³/mol. The topological polar surface area (TPSA) is 67.8 Å². The maximum Gasteiger partial charge on any atom is 0.226 e. The summed E-state index contributed by atoms with van der Waals surface area (Å²) in [5, 5.41) is 11.6. The molecule has 5 nitrogen and oxygen atoms in total. The van der Waals surface area contributed by atoms with E-state index in [9.17, 15) is 4.79 Å². The molecule has 0 heterocycles. The van der Waals surface area contributed by atoms with Crippen molar-refractivity contribution in [2.75, 3.05) is 20.3 Å². The molecule has 0 atom stereocenters. The number of aliphatic hydroxyl groups is 1. The van der Waals surface area contributed by atoms with Crippen molar-refractivity contribution in [3.05, 3.63) is 65.6 Å². The van der Waals surface area contributed by atoms with Gasteiger partial charge in [0.25, 0.3) is 0 Å². The molecule has 0 unspecified atom stereocenters. The first kappa shape index (κ1) is 19.8. The molecule has 26 heavy (non-hydrogen) atoms. The minimum absolute atomic E-state index is 0.113. The summed E-state index contributed by atoms with van der Waals surface area (Å²) in [6, 6.07) is 8.15. The summed E-state index contributed by atoms with van der Waals surface area (Å²) in [6.45, 7) is 0.516. The highest BCUT2D eigenvalue weighted by Gasteiger charge is 2.05. The standard InChI is InChI=1S/C21H27NO4/c1-25-19-11-8-17(9-12-19)5-2-3-16-26-20-7-4-6-18(10-13-20)22-21(24)14-15-23/h4,7-13,23H,2-3,5-6,14-16H2,1H3,(H,22,24). The Hall–Kier alpha value is -2.53. The molecule has 0 aromatic heterocycles. The molecule has 0 aliphatic heterocycles. The first-order valence-electron chi connectivity index (χ1n) is 8.95. The molecule has 1 aromatic carbocycles. The largest absolute Gasteiger partial charge is 0.497 e. The molecule has 1 aliphatic carbocycles. The second-order valence-electron chi connectivity index (χ2n) is 6.04. The van der Waals surface area contributed by atoms with Gasteiger partial charge in [0.15, 0.2) is 0 Å². The lowest BCUT2D eigenvalue weighted by Gasteiger charge is -2.07. The van der Waals surface area contributed by atoms with Gasteiger partial charge in [0.2, 0.25) is 5.91 Å².